The van der Waals surface area contributed by atoms with Gasteiger partial charge in [0.1, 0.15) is 5.60 Å². The van der Waals surface area contributed by atoms with Crippen molar-refractivity contribution in [2.45, 2.75) is 71.0 Å². The van der Waals surface area contributed by atoms with Gasteiger partial charge >= 0.3 is 0 Å². The minimum absolute atomic E-state index is 0. The van der Waals surface area contributed by atoms with Crippen LogP contribution in [0.15, 0.2) is 0 Å². The number of epoxide rings is 1. The lowest BCUT2D eigenvalue weighted by Gasteiger charge is -2.06. The fraction of sp³-hybridized carbons (Fsp3) is 0.923. The van der Waals surface area contributed by atoms with Crippen LogP contribution >= 0.6 is 0 Å². The molecular formula is C13H26O3. The van der Waals surface area contributed by atoms with Crippen molar-refractivity contribution < 1.29 is 15.0 Å². The molecule has 3 nitrogen and oxygen atoms in total. The number of carbonyl (C=O) groups is 1. The summed E-state index contributed by atoms with van der Waals surface area (Å²) < 4.78 is 5.55. The summed E-state index contributed by atoms with van der Waals surface area (Å²) in [4.78, 5) is 11.0. The van der Waals surface area contributed by atoms with Gasteiger partial charge in [-0.15, -0.1) is 0 Å². The Labute approximate surface area is 98.9 Å². The van der Waals surface area contributed by atoms with Gasteiger partial charge in [0.15, 0.2) is 6.29 Å². The smallest absolute Gasteiger partial charge is 0.154 e. The van der Waals surface area contributed by atoms with E-state index in [1.807, 2.05) is 0 Å². The van der Waals surface area contributed by atoms with Gasteiger partial charge in [0.05, 0.1) is 6.10 Å². The molecule has 2 unspecified atom stereocenters. The van der Waals surface area contributed by atoms with Crippen molar-refractivity contribution in [2.24, 2.45) is 5.92 Å². The van der Waals surface area contributed by atoms with E-state index in [4.69, 9.17) is 4.74 Å². The van der Waals surface area contributed by atoms with Crippen molar-refractivity contribution in [2.75, 3.05) is 0 Å². The molecule has 1 aliphatic rings. The normalized spacial score (nSPS) is 27.6. The van der Waals surface area contributed by atoms with Crippen molar-refractivity contribution in [3.63, 3.8) is 0 Å². The summed E-state index contributed by atoms with van der Waals surface area (Å²) in [5, 5.41) is 0. The Morgan fingerprint density at radius 1 is 1.25 bits per heavy atom. The molecule has 0 amide bonds. The van der Waals surface area contributed by atoms with Crippen LogP contribution in [0.25, 0.3) is 0 Å². The highest BCUT2D eigenvalue weighted by atomic mass is 16.6. The molecule has 0 aromatic rings. The monoisotopic (exact) mass is 230 g/mol. The van der Waals surface area contributed by atoms with E-state index in [0.29, 0.717) is 5.92 Å². The van der Waals surface area contributed by atoms with Crippen molar-refractivity contribution in [1.29, 1.82) is 0 Å². The minimum atomic E-state index is -0.402. The van der Waals surface area contributed by atoms with E-state index in [1.165, 1.54) is 25.7 Å². The summed E-state index contributed by atoms with van der Waals surface area (Å²) in [7, 11) is 0. The molecule has 2 N–H and O–H groups in total. The lowest BCUT2D eigenvalue weighted by atomic mass is 9.93. The molecule has 0 aromatic carbocycles. The maximum Gasteiger partial charge on any atom is 0.154 e. The van der Waals surface area contributed by atoms with E-state index in [9.17, 15) is 4.79 Å². The van der Waals surface area contributed by atoms with E-state index in [0.717, 1.165) is 19.1 Å². The lowest BCUT2D eigenvalue weighted by molar-refractivity contribution is -0.112. The largest absolute Gasteiger partial charge is 0.412 e. The Kier molecular flexibility index (Phi) is 6.84. The van der Waals surface area contributed by atoms with E-state index in [-0.39, 0.29) is 11.6 Å². The van der Waals surface area contributed by atoms with Crippen molar-refractivity contribution >= 4 is 6.29 Å². The molecule has 0 aliphatic carbocycles. The van der Waals surface area contributed by atoms with Crippen LogP contribution in [0.2, 0.25) is 0 Å². The number of hydrogen-bond donors (Lipinski definition) is 0. The molecule has 96 valence electrons. The Bertz CT molecular complexity index is 203. The Balaban J connectivity index is 0.00000225. The van der Waals surface area contributed by atoms with Gasteiger partial charge in [0.25, 0.3) is 0 Å². The minimum Gasteiger partial charge on any atom is -0.412 e. The zero-order valence-corrected chi connectivity index (χ0v) is 10.8. The van der Waals surface area contributed by atoms with Gasteiger partial charge in [0.2, 0.25) is 0 Å². The first-order chi connectivity index (χ1) is 7.16. The molecule has 0 radical (unpaired) electrons. The molecule has 0 bridgehead atoms. The number of unbranched alkanes of at least 4 members (excludes halogenated alkanes) is 4. The van der Waals surface area contributed by atoms with Crippen LogP contribution in [0.1, 0.15) is 59.3 Å². The van der Waals surface area contributed by atoms with Gasteiger partial charge < -0.3 is 15.0 Å². The first-order valence-electron chi connectivity index (χ1n) is 6.30. The molecule has 1 aliphatic heterocycles. The molecule has 16 heavy (non-hydrogen) atoms. The van der Waals surface area contributed by atoms with Gasteiger partial charge in [-0.3, -0.25) is 0 Å². The third-order valence-electron chi connectivity index (χ3n) is 3.25. The standard InChI is InChI=1S/C13H24O2.H2O/c1-4-5-6-7-8-9-13(10-14)12(15-13)11(2)3;/h10-12H,4-9H2,1-3H3;1H2. The molecule has 0 saturated carbocycles. The number of ether oxygens (including phenoxy) is 1. The number of carbonyl (C=O) groups excluding carboxylic acids is 1. The predicted molar refractivity (Wildman–Crippen MR) is 65.5 cm³/mol. The van der Waals surface area contributed by atoms with Crippen LogP contribution in [0.3, 0.4) is 0 Å². The lowest BCUT2D eigenvalue weighted by Crippen LogP contribution is -2.20. The Morgan fingerprint density at radius 3 is 2.31 bits per heavy atom. The van der Waals surface area contributed by atoms with Crippen LogP contribution in [0, 0.1) is 5.92 Å². The second-order valence-electron chi connectivity index (χ2n) is 5.02. The Hall–Kier alpha value is -0.410. The summed E-state index contributed by atoms with van der Waals surface area (Å²) in [6.45, 7) is 6.45. The van der Waals surface area contributed by atoms with Gasteiger partial charge in [-0.05, 0) is 12.3 Å². The van der Waals surface area contributed by atoms with Crippen LogP contribution in [-0.2, 0) is 9.53 Å². The average Bonchev–Trinajstić information content (AvgIpc) is 2.93. The molecule has 1 rings (SSSR count). The van der Waals surface area contributed by atoms with Crippen molar-refractivity contribution in [1.82, 2.24) is 0 Å². The van der Waals surface area contributed by atoms with Crippen molar-refractivity contribution in [3.05, 3.63) is 0 Å². The summed E-state index contributed by atoms with van der Waals surface area (Å²) in [6, 6.07) is 0. The molecule has 1 heterocycles. The summed E-state index contributed by atoms with van der Waals surface area (Å²) in [5.74, 6) is 0.464. The zero-order chi connectivity index (χ0) is 11.3. The maximum absolute atomic E-state index is 11.0. The summed E-state index contributed by atoms with van der Waals surface area (Å²) in [6.07, 6.45) is 8.35. The molecule has 1 saturated heterocycles. The van der Waals surface area contributed by atoms with Crippen LogP contribution in [0.4, 0.5) is 0 Å². The fourth-order valence-corrected chi connectivity index (χ4v) is 2.26. The molecule has 0 aromatic heterocycles. The number of rotatable bonds is 8. The fourth-order valence-electron chi connectivity index (χ4n) is 2.26. The molecule has 1 fully saturated rings. The van der Waals surface area contributed by atoms with Crippen LogP contribution in [0.5, 0.6) is 0 Å². The first kappa shape index (κ1) is 15.6. The highest BCUT2D eigenvalue weighted by Gasteiger charge is 2.57. The highest BCUT2D eigenvalue weighted by molar-refractivity contribution is 5.67. The second kappa shape index (κ2) is 7.02. The average molecular weight is 230 g/mol. The topological polar surface area (TPSA) is 61.1 Å². The molecular weight excluding hydrogens is 204 g/mol. The zero-order valence-electron chi connectivity index (χ0n) is 10.8. The van der Waals surface area contributed by atoms with Gasteiger partial charge in [-0.1, -0.05) is 52.9 Å². The number of hydrogen-bond acceptors (Lipinski definition) is 2. The first-order valence-corrected chi connectivity index (χ1v) is 6.30. The summed E-state index contributed by atoms with van der Waals surface area (Å²) >= 11 is 0. The predicted octanol–water partition coefficient (Wildman–Crippen LogP) is 2.51. The molecule has 2 atom stereocenters. The molecule has 3 heteroatoms. The van der Waals surface area contributed by atoms with E-state index >= 15 is 0 Å². The third kappa shape index (κ3) is 3.87. The van der Waals surface area contributed by atoms with Crippen LogP contribution < -0.4 is 0 Å². The third-order valence-corrected chi connectivity index (χ3v) is 3.25. The van der Waals surface area contributed by atoms with E-state index < -0.39 is 5.60 Å². The molecule has 0 spiro atoms. The van der Waals surface area contributed by atoms with E-state index in [1.54, 1.807) is 0 Å². The van der Waals surface area contributed by atoms with E-state index in [2.05, 4.69) is 20.8 Å². The van der Waals surface area contributed by atoms with Gasteiger partial charge in [0, 0.05) is 0 Å². The van der Waals surface area contributed by atoms with Crippen molar-refractivity contribution in [3.8, 4) is 0 Å². The SMILES string of the molecule is CCCCCCCC1(C=O)OC1C(C)C.O. The van der Waals surface area contributed by atoms with Crippen LogP contribution in [-0.4, -0.2) is 23.5 Å². The van der Waals surface area contributed by atoms with Gasteiger partial charge in [-0.25, -0.2) is 0 Å². The quantitative estimate of drug-likeness (QED) is 0.365. The Morgan fingerprint density at radius 2 is 1.88 bits per heavy atom. The summed E-state index contributed by atoms with van der Waals surface area (Å²) in [5.41, 5.74) is -0.402. The second-order valence-corrected chi connectivity index (χ2v) is 5.02. The number of aldehydes is 1. The highest BCUT2D eigenvalue weighted by Crippen LogP contribution is 2.43. The van der Waals surface area contributed by atoms with Gasteiger partial charge in [-0.2, -0.15) is 0 Å². The maximum atomic E-state index is 11.0.